The molecule has 0 rings (SSSR count). The average Bonchev–Trinajstić information content (AvgIpc) is 0.918. The predicted octanol–water partition coefficient (Wildman–Crippen LogP) is -1.77. The van der Waals surface area contributed by atoms with Crippen LogP contribution >= 0.6 is 0 Å². The summed E-state index contributed by atoms with van der Waals surface area (Å²) in [5.41, 5.74) is 0. The molecule has 0 fully saturated rings. The van der Waals surface area contributed by atoms with Crippen molar-refractivity contribution in [2.24, 2.45) is 0 Å². The van der Waals surface area contributed by atoms with Crippen LogP contribution in [0, 0.1) is 6.92 Å². The van der Waals surface area contributed by atoms with Crippen molar-refractivity contribution in [2.45, 2.75) is 13.3 Å². The van der Waals surface area contributed by atoms with Gasteiger partial charge in [-0.15, -0.1) is 0 Å². The Labute approximate surface area is 52.5 Å². The van der Waals surface area contributed by atoms with E-state index in [0.717, 1.165) is 6.42 Å². The Morgan fingerprint density at radius 3 is 1.60 bits per heavy atom. The number of hydrogen-bond donors (Lipinski definition) is 0. The van der Waals surface area contributed by atoms with Crippen molar-refractivity contribution in [3.63, 3.8) is 0 Å². The number of rotatable bonds is 0. The van der Waals surface area contributed by atoms with E-state index < -0.39 is 0 Å². The maximum atomic E-state index is 3.49. The van der Waals surface area contributed by atoms with Gasteiger partial charge in [0.2, 0.25) is 0 Å². The molecule has 0 N–H and O–H groups in total. The third-order valence-electron chi connectivity index (χ3n) is 0. The van der Waals surface area contributed by atoms with Crippen LogP contribution in [0.5, 0.6) is 0 Å². The predicted molar refractivity (Wildman–Crippen MR) is 15.6 cm³/mol. The molecular formula is C3H7ClZn-. The fourth-order valence-electron chi connectivity index (χ4n) is 0. The fraction of sp³-hybridized carbons (Fsp3) is 0.667. The van der Waals surface area contributed by atoms with Crippen LogP contribution in [0.3, 0.4) is 0 Å². The Balaban J connectivity index is -0.0000000200. The van der Waals surface area contributed by atoms with E-state index in [-0.39, 0.29) is 31.9 Å². The van der Waals surface area contributed by atoms with Crippen LogP contribution in [0.2, 0.25) is 0 Å². The van der Waals surface area contributed by atoms with Gasteiger partial charge in [0.15, 0.2) is 0 Å². The quantitative estimate of drug-likeness (QED) is 0.353. The molecule has 0 bridgehead atoms. The topological polar surface area (TPSA) is 0 Å². The molecule has 0 aliphatic heterocycles. The minimum atomic E-state index is 0. The van der Waals surface area contributed by atoms with Gasteiger partial charge < -0.3 is 12.4 Å². The Morgan fingerprint density at radius 2 is 1.60 bits per heavy atom. The Hall–Kier alpha value is 0.913. The van der Waals surface area contributed by atoms with Gasteiger partial charge in [0.05, 0.1) is 0 Å². The summed E-state index contributed by atoms with van der Waals surface area (Å²) in [5.74, 6) is 0. The van der Waals surface area contributed by atoms with Gasteiger partial charge in [-0.05, 0) is 0 Å². The molecule has 0 aliphatic rings. The summed E-state index contributed by atoms with van der Waals surface area (Å²) < 4.78 is 0. The second-order valence-corrected chi connectivity index (χ2v) is 0.500. The Bertz CT molecular complexity index is 6.85. The van der Waals surface area contributed by atoms with Crippen LogP contribution < -0.4 is 12.4 Å². The van der Waals surface area contributed by atoms with Crippen LogP contribution in [0.1, 0.15) is 13.3 Å². The minimum Gasteiger partial charge on any atom is -1.00 e. The Kier molecular flexibility index (Phi) is 69.1. The molecule has 29 valence electrons. The second kappa shape index (κ2) is 20.6. The smallest absolute Gasteiger partial charge is 0 e. The van der Waals surface area contributed by atoms with Crippen molar-refractivity contribution in [1.29, 1.82) is 0 Å². The first kappa shape index (κ1) is 16.8. The second-order valence-electron chi connectivity index (χ2n) is 0.500. The molecule has 0 unspecified atom stereocenters. The van der Waals surface area contributed by atoms with Gasteiger partial charge in [-0.2, -0.15) is 0 Å². The summed E-state index contributed by atoms with van der Waals surface area (Å²) >= 11 is 0. The van der Waals surface area contributed by atoms with E-state index in [0.29, 0.717) is 0 Å². The van der Waals surface area contributed by atoms with Gasteiger partial charge in [-0.25, -0.2) is 0 Å². The third-order valence-corrected chi connectivity index (χ3v) is 0. The summed E-state index contributed by atoms with van der Waals surface area (Å²) in [4.78, 5) is 0. The van der Waals surface area contributed by atoms with Crippen LogP contribution in [0.4, 0.5) is 0 Å². The third kappa shape index (κ3) is 50.0. The molecular weight excluding hydrogens is 137 g/mol. The van der Waals surface area contributed by atoms with Gasteiger partial charge in [0.25, 0.3) is 0 Å². The zero-order chi connectivity index (χ0) is 2.71. The normalized spacial score (nSPS) is 3.60. The first-order valence-corrected chi connectivity index (χ1v) is 1.21. The Morgan fingerprint density at radius 1 is 1.60 bits per heavy atom. The van der Waals surface area contributed by atoms with Crippen LogP contribution in [-0.4, -0.2) is 0 Å². The molecule has 0 aromatic heterocycles. The molecule has 5 heavy (non-hydrogen) atoms. The van der Waals surface area contributed by atoms with Crippen molar-refractivity contribution in [3.8, 4) is 0 Å². The molecule has 0 atom stereocenters. The average molecular weight is 144 g/mol. The summed E-state index contributed by atoms with van der Waals surface area (Å²) in [5, 5.41) is 0. The molecule has 1 radical (unpaired) electrons. The van der Waals surface area contributed by atoms with E-state index in [1.54, 1.807) is 0 Å². The van der Waals surface area contributed by atoms with Crippen LogP contribution in [0.15, 0.2) is 0 Å². The standard InChI is InChI=1S/C3H7.ClH.Zn/c1-3-2;;/h1,3H2,2H3;1H;/p-1. The van der Waals surface area contributed by atoms with Crippen LogP contribution in [0.25, 0.3) is 0 Å². The maximum Gasteiger partial charge on any atom is 0 e. The van der Waals surface area contributed by atoms with E-state index in [1.807, 2.05) is 6.92 Å². The van der Waals surface area contributed by atoms with E-state index in [1.165, 1.54) is 0 Å². The molecule has 0 heterocycles. The molecule has 0 aromatic rings. The van der Waals surface area contributed by atoms with E-state index in [2.05, 4.69) is 6.92 Å². The monoisotopic (exact) mass is 142 g/mol. The number of hydrogen-bond acceptors (Lipinski definition) is 0. The molecule has 0 spiro atoms. The van der Waals surface area contributed by atoms with Gasteiger partial charge >= 0.3 is 0 Å². The van der Waals surface area contributed by atoms with Crippen molar-refractivity contribution < 1.29 is 31.9 Å². The molecule has 0 saturated heterocycles. The van der Waals surface area contributed by atoms with Crippen molar-refractivity contribution in [1.82, 2.24) is 0 Å². The van der Waals surface area contributed by atoms with E-state index in [4.69, 9.17) is 0 Å². The van der Waals surface area contributed by atoms with Crippen LogP contribution in [-0.2, 0) is 19.5 Å². The van der Waals surface area contributed by atoms with Gasteiger partial charge in [-0.1, -0.05) is 20.3 Å². The number of halogens is 1. The zero-order valence-electron chi connectivity index (χ0n) is 3.50. The van der Waals surface area contributed by atoms with Crippen molar-refractivity contribution in [3.05, 3.63) is 6.92 Å². The van der Waals surface area contributed by atoms with Crippen molar-refractivity contribution in [2.75, 3.05) is 0 Å². The molecule has 0 amide bonds. The SMILES string of the molecule is [CH2]CC.[Cl-].[Zn]. The molecule has 2 heteroatoms. The summed E-state index contributed by atoms with van der Waals surface area (Å²) in [6.45, 7) is 5.50. The summed E-state index contributed by atoms with van der Waals surface area (Å²) in [6, 6.07) is 0. The first-order chi connectivity index (χ1) is 1.41. The molecule has 0 nitrogen and oxygen atoms in total. The van der Waals surface area contributed by atoms with Crippen molar-refractivity contribution >= 4 is 0 Å². The summed E-state index contributed by atoms with van der Waals surface area (Å²) in [7, 11) is 0. The largest absolute Gasteiger partial charge is 1.00 e. The zero-order valence-corrected chi connectivity index (χ0v) is 7.22. The minimum absolute atomic E-state index is 0. The van der Waals surface area contributed by atoms with Gasteiger partial charge in [-0.3, -0.25) is 0 Å². The fourth-order valence-corrected chi connectivity index (χ4v) is 0. The first-order valence-electron chi connectivity index (χ1n) is 1.21. The molecule has 0 saturated carbocycles. The van der Waals surface area contributed by atoms with Gasteiger partial charge in [0.1, 0.15) is 0 Å². The summed E-state index contributed by atoms with van der Waals surface area (Å²) in [6.07, 6.45) is 1.00. The molecule has 0 aliphatic carbocycles. The van der Waals surface area contributed by atoms with Gasteiger partial charge in [0, 0.05) is 19.5 Å². The molecule has 0 aromatic carbocycles. The maximum absolute atomic E-state index is 3.49. The van der Waals surface area contributed by atoms with E-state index in [9.17, 15) is 0 Å². The van der Waals surface area contributed by atoms with E-state index >= 15 is 0 Å².